The van der Waals surface area contributed by atoms with Crippen LogP contribution in [0.15, 0.2) is 12.3 Å². The average Bonchev–Trinajstić information content (AvgIpc) is 2.65. The van der Waals surface area contributed by atoms with Gasteiger partial charge in [-0.1, -0.05) is 13.8 Å². The molecule has 4 heteroatoms. The maximum Gasteiger partial charge on any atom is 0.0581 e. The van der Waals surface area contributed by atoms with Gasteiger partial charge in [0.1, 0.15) is 0 Å². The van der Waals surface area contributed by atoms with E-state index < -0.39 is 0 Å². The lowest BCUT2D eigenvalue weighted by molar-refractivity contribution is 0.585. The van der Waals surface area contributed by atoms with Gasteiger partial charge in [0.05, 0.1) is 11.7 Å². The van der Waals surface area contributed by atoms with Crippen molar-refractivity contribution in [1.29, 1.82) is 0 Å². The zero-order valence-corrected chi connectivity index (χ0v) is 10.8. The SMILES string of the molecule is CCC(C)SCC(NC)c1ccnn1C. The van der Waals surface area contributed by atoms with Crippen LogP contribution in [0.5, 0.6) is 0 Å². The first kappa shape index (κ1) is 12.6. The van der Waals surface area contributed by atoms with Gasteiger partial charge in [0.2, 0.25) is 0 Å². The molecule has 1 N–H and O–H groups in total. The summed E-state index contributed by atoms with van der Waals surface area (Å²) in [5, 5.41) is 8.27. The molecule has 0 aromatic carbocycles. The van der Waals surface area contributed by atoms with E-state index in [1.807, 2.05) is 36.7 Å². The lowest BCUT2D eigenvalue weighted by atomic mass is 10.2. The zero-order valence-electron chi connectivity index (χ0n) is 10.0. The summed E-state index contributed by atoms with van der Waals surface area (Å²) in [7, 11) is 4.00. The number of nitrogens with zero attached hydrogens (tertiary/aromatic N) is 2. The highest BCUT2D eigenvalue weighted by Gasteiger charge is 2.13. The fourth-order valence-electron chi connectivity index (χ4n) is 1.42. The number of hydrogen-bond donors (Lipinski definition) is 1. The minimum Gasteiger partial charge on any atom is -0.311 e. The Morgan fingerprint density at radius 1 is 1.60 bits per heavy atom. The van der Waals surface area contributed by atoms with Crippen molar-refractivity contribution in [1.82, 2.24) is 15.1 Å². The molecule has 86 valence electrons. The average molecular weight is 227 g/mol. The van der Waals surface area contributed by atoms with Crippen molar-refractivity contribution in [2.75, 3.05) is 12.8 Å². The van der Waals surface area contributed by atoms with Crippen LogP contribution in [-0.2, 0) is 7.05 Å². The van der Waals surface area contributed by atoms with Crippen molar-refractivity contribution in [2.45, 2.75) is 31.6 Å². The number of hydrogen-bond acceptors (Lipinski definition) is 3. The fourth-order valence-corrected chi connectivity index (χ4v) is 2.51. The summed E-state index contributed by atoms with van der Waals surface area (Å²) in [6.07, 6.45) is 3.08. The van der Waals surface area contributed by atoms with E-state index in [-0.39, 0.29) is 0 Å². The molecule has 0 fully saturated rings. The Labute approximate surface area is 96.6 Å². The predicted molar refractivity (Wildman–Crippen MR) is 67.2 cm³/mol. The van der Waals surface area contributed by atoms with Gasteiger partial charge in [0, 0.05) is 24.2 Å². The monoisotopic (exact) mass is 227 g/mol. The molecule has 3 nitrogen and oxygen atoms in total. The zero-order chi connectivity index (χ0) is 11.3. The molecular weight excluding hydrogens is 206 g/mol. The van der Waals surface area contributed by atoms with Gasteiger partial charge in [-0.2, -0.15) is 16.9 Å². The number of nitrogens with one attached hydrogen (secondary N) is 1. The van der Waals surface area contributed by atoms with E-state index in [0.29, 0.717) is 6.04 Å². The smallest absolute Gasteiger partial charge is 0.0581 e. The van der Waals surface area contributed by atoms with E-state index in [1.54, 1.807) is 0 Å². The highest BCUT2D eigenvalue weighted by Crippen LogP contribution is 2.21. The minimum absolute atomic E-state index is 0.400. The van der Waals surface area contributed by atoms with Gasteiger partial charge in [-0.15, -0.1) is 0 Å². The van der Waals surface area contributed by atoms with Crippen LogP contribution < -0.4 is 5.32 Å². The van der Waals surface area contributed by atoms with Crippen molar-refractivity contribution < 1.29 is 0 Å². The lowest BCUT2D eigenvalue weighted by Crippen LogP contribution is -2.22. The summed E-state index contributed by atoms with van der Waals surface area (Å²) in [5.41, 5.74) is 1.26. The molecule has 0 aliphatic rings. The second kappa shape index (κ2) is 6.18. The molecule has 15 heavy (non-hydrogen) atoms. The second-order valence-electron chi connectivity index (χ2n) is 3.77. The quantitative estimate of drug-likeness (QED) is 0.808. The Hall–Kier alpha value is -0.480. The number of aryl methyl sites for hydroxylation is 1. The lowest BCUT2D eigenvalue weighted by Gasteiger charge is -2.18. The molecule has 0 radical (unpaired) electrons. The van der Waals surface area contributed by atoms with Crippen LogP contribution in [0.3, 0.4) is 0 Å². The van der Waals surface area contributed by atoms with E-state index in [4.69, 9.17) is 0 Å². The molecule has 0 saturated carbocycles. The third kappa shape index (κ3) is 3.54. The molecule has 0 aliphatic heterocycles. The van der Waals surface area contributed by atoms with E-state index in [1.165, 1.54) is 12.1 Å². The van der Waals surface area contributed by atoms with Crippen LogP contribution in [0.2, 0.25) is 0 Å². The maximum absolute atomic E-state index is 4.20. The van der Waals surface area contributed by atoms with Gasteiger partial charge in [0.15, 0.2) is 0 Å². The summed E-state index contributed by atoms with van der Waals surface area (Å²) in [4.78, 5) is 0. The Bertz CT molecular complexity index is 285. The predicted octanol–water partition coefficient (Wildman–Crippen LogP) is 2.21. The molecule has 0 bridgehead atoms. The van der Waals surface area contributed by atoms with Gasteiger partial charge in [-0.25, -0.2) is 0 Å². The molecule has 2 atom stereocenters. The molecular formula is C11H21N3S. The first-order valence-electron chi connectivity index (χ1n) is 5.45. The topological polar surface area (TPSA) is 29.9 Å². The molecule has 0 spiro atoms. The Balaban J connectivity index is 2.53. The summed E-state index contributed by atoms with van der Waals surface area (Å²) in [6.45, 7) is 4.51. The van der Waals surface area contributed by atoms with Crippen LogP contribution in [0, 0.1) is 0 Å². The first-order chi connectivity index (χ1) is 7.19. The third-order valence-corrected chi connectivity index (χ3v) is 4.11. The fraction of sp³-hybridized carbons (Fsp3) is 0.727. The van der Waals surface area contributed by atoms with Gasteiger partial charge in [-0.3, -0.25) is 4.68 Å². The van der Waals surface area contributed by atoms with E-state index in [0.717, 1.165) is 11.0 Å². The van der Waals surface area contributed by atoms with Crippen LogP contribution in [-0.4, -0.2) is 27.8 Å². The minimum atomic E-state index is 0.400. The Morgan fingerprint density at radius 2 is 2.33 bits per heavy atom. The summed E-state index contributed by atoms with van der Waals surface area (Å²) < 4.78 is 1.94. The van der Waals surface area contributed by atoms with E-state index >= 15 is 0 Å². The molecule has 1 heterocycles. The Morgan fingerprint density at radius 3 is 2.80 bits per heavy atom. The number of aromatic nitrogens is 2. The number of rotatable bonds is 6. The molecule has 2 unspecified atom stereocenters. The Kier molecular flexibility index (Phi) is 5.19. The second-order valence-corrected chi connectivity index (χ2v) is 5.24. The van der Waals surface area contributed by atoms with Crippen LogP contribution in [0.4, 0.5) is 0 Å². The largest absolute Gasteiger partial charge is 0.311 e. The summed E-state index contributed by atoms with van der Waals surface area (Å²) >= 11 is 2.01. The van der Waals surface area contributed by atoms with Crippen molar-refractivity contribution in [3.63, 3.8) is 0 Å². The summed E-state index contributed by atoms with van der Waals surface area (Å²) in [5.74, 6) is 1.10. The molecule has 1 rings (SSSR count). The molecule has 0 amide bonds. The van der Waals surface area contributed by atoms with Crippen molar-refractivity contribution in [3.8, 4) is 0 Å². The van der Waals surface area contributed by atoms with E-state index in [9.17, 15) is 0 Å². The van der Waals surface area contributed by atoms with Crippen molar-refractivity contribution in [2.24, 2.45) is 7.05 Å². The molecule has 1 aromatic heterocycles. The van der Waals surface area contributed by atoms with Crippen molar-refractivity contribution >= 4 is 11.8 Å². The molecule has 0 saturated heterocycles. The highest BCUT2D eigenvalue weighted by molar-refractivity contribution is 7.99. The van der Waals surface area contributed by atoms with E-state index in [2.05, 4.69) is 30.3 Å². The highest BCUT2D eigenvalue weighted by atomic mass is 32.2. The van der Waals surface area contributed by atoms with Gasteiger partial charge >= 0.3 is 0 Å². The first-order valence-corrected chi connectivity index (χ1v) is 6.50. The molecule has 0 aliphatic carbocycles. The van der Waals surface area contributed by atoms with Crippen LogP contribution in [0.25, 0.3) is 0 Å². The summed E-state index contributed by atoms with van der Waals surface area (Å²) in [6, 6.07) is 2.48. The third-order valence-electron chi connectivity index (χ3n) is 2.69. The van der Waals surface area contributed by atoms with Gasteiger partial charge in [0.25, 0.3) is 0 Å². The molecule has 1 aromatic rings. The standard InChI is InChI=1S/C11H21N3S/c1-5-9(2)15-8-10(12-3)11-6-7-13-14(11)4/h6-7,9-10,12H,5,8H2,1-4H3. The normalized spacial score (nSPS) is 15.2. The van der Waals surface area contributed by atoms with Gasteiger partial charge in [-0.05, 0) is 19.5 Å². The van der Waals surface area contributed by atoms with Crippen LogP contribution >= 0.6 is 11.8 Å². The van der Waals surface area contributed by atoms with Gasteiger partial charge < -0.3 is 5.32 Å². The number of thioether (sulfide) groups is 1. The van der Waals surface area contributed by atoms with Crippen molar-refractivity contribution in [3.05, 3.63) is 18.0 Å². The van der Waals surface area contributed by atoms with Crippen LogP contribution in [0.1, 0.15) is 32.0 Å². The maximum atomic E-state index is 4.20.